The van der Waals surface area contributed by atoms with E-state index in [9.17, 15) is 9.59 Å². The fourth-order valence-corrected chi connectivity index (χ4v) is 2.65. The van der Waals surface area contributed by atoms with Crippen molar-refractivity contribution in [2.24, 2.45) is 10.2 Å². The van der Waals surface area contributed by atoms with Gasteiger partial charge in [-0.3, -0.25) is 9.59 Å². The summed E-state index contributed by atoms with van der Waals surface area (Å²) in [6.07, 6.45) is 0.935. The Kier molecular flexibility index (Phi) is 7.44. The first-order chi connectivity index (χ1) is 14.6. The zero-order valence-corrected chi connectivity index (χ0v) is 16.7. The van der Waals surface area contributed by atoms with E-state index in [0.29, 0.717) is 42.1 Å². The molecule has 0 bridgehead atoms. The number of Topliss-reactive ketones (excluding diaryl/α,β-unsaturated/α-hetero) is 1. The molecule has 0 aliphatic carbocycles. The molecule has 0 heterocycles. The van der Waals surface area contributed by atoms with Crippen molar-refractivity contribution in [3.63, 3.8) is 0 Å². The van der Waals surface area contributed by atoms with Crippen molar-refractivity contribution in [1.82, 2.24) is 0 Å². The summed E-state index contributed by atoms with van der Waals surface area (Å²) < 4.78 is 5.61. The van der Waals surface area contributed by atoms with E-state index in [2.05, 4.69) is 15.5 Å². The lowest BCUT2D eigenvalue weighted by atomic mass is 10.1. The molecular formula is C24H23N3O3. The van der Waals surface area contributed by atoms with Crippen LogP contribution in [-0.2, 0) is 4.79 Å². The lowest BCUT2D eigenvalue weighted by molar-refractivity contribution is -0.116. The smallest absolute Gasteiger partial charge is 0.224 e. The topological polar surface area (TPSA) is 80.1 Å². The number of rotatable bonds is 9. The molecule has 1 amide bonds. The van der Waals surface area contributed by atoms with Crippen LogP contribution in [0.1, 0.15) is 30.1 Å². The number of carbonyl (C=O) groups is 2. The Labute approximate surface area is 175 Å². The van der Waals surface area contributed by atoms with Gasteiger partial charge in [0.2, 0.25) is 5.91 Å². The molecule has 0 aromatic heterocycles. The Hall–Kier alpha value is -3.80. The number of benzene rings is 3. The van der Waals surface area contributed by atoms with E-state index in [-0.39, 0.29) is 11.7 Å². The number of anilines is 1. The quantitative estimate of drug-likeness (QED) is 0.267. The standard InChI is InChI=1S/C24H23N3O3/c1-18(28)19-9-15-23(16-10-19)30-17-5-8-24(29)25-20-11-13-22(14-12-20)27-26-21-6-3-2-4-7-21/h2-4,6-7,9-16H,5,8,17H2,1H3,(H,25,29). The maximum Gasteiger partial charge on any atom is 0.224 e. The fourth-order valence-electron chi connectivity index (χ4n) is 2.65. The molecule has 30 heavy (non-hydrogen) atoms. The monoisotopic (exact) mass is 401 g/mol. The third-order valence-electron chi connectivity index (χ3n) is 4.27. The molecule has 0 fully saturated rings. The van der Waals surface area contributed by atoms with Crippen LogP contribution in [0.4, 0.5) is 17.1 Å². The molecule has 0 atom stereocenters. The number of ether oxygens (including phenoxy) is 1. The first-order valence-electron chi connectivity index (χ1n) is 9.71. The average molecular weight is 401 g/mol. The molecule has 1 N–H and O–H groups in total. The summed E-state index contributed by atoms with van der Waals surface area (Å²) in [7, 11) is 0. The van der Waals surface area contributed by atoms with Gasteiger partial charge >= 0.3 is 0 Å². The number of nitrogens with zero attached hydrogens (tertiary/aromatic N) is 2. The summed E-state index contributed by atoms with van der Waals surface area (Å²) >= 11 is 0. The van der Waals surface area contributed by atoms with Crippen LogP contribution in [0.2, 0.25) is 0 Å². The Morgan fingerprint density at radius 2 is 1.47 bits per heavy atom. The summed E-state index contributed by atoms with van der Waals surface area (Å²) in [5.41, 5.74) is 2.85. The molecule has 0 aliphatic rings. The molecule has 3 aromatic rings. The second-order valence-electron chi connectivity index (χ2n) is 6.66. The van der Waals surface area contributed by atoms with Gasteiger partial charge in [0.05, 0.1) is 18.0 Å². The number of azo groups is 1. The van der Waals surface area contributed by atoms with Gasteiger partial charge in [-0.15, -0.1) is 0 Å². The lowest BCUT2D eigenvalue weighted by Gasteiger charge is -2.07. The lowest BCUT2D eigenvalue weighted by Crippen LogP contribution is -2.12. The van der Waals surface area contributed by atoms with E-state index in [4.69, 9.17) is 4.74 Å². The highest BCUT2D eigenvalue weighted by Gasteiger charge is 2.04. The predicted octanol–water partition coefficient (Wildman–Crippen LogP) is 6.10. The van der Waals surface area contributed by atoms with Gasteiger partial charge in [-0.1, -0.05) is 18.2 Å². The first kappa shape index (κ1) is 20.9. The zero-order valence-electron chi connectivity index (χ0n) is 16.7. The van der Waals surface area contributed by atoms with E-state index >= 15 is 0 Å². The first-order valence-corrected chi connectivity index (χ1v) is 9.71. The molecular weight excluding hydrogens is 378 g/mol. The molecule has 3 rings (SSSR count). The fraction of sp³-hybridized carbons (Fsp3) is 0.167. The Balaban J connectivity index is 1.39. The minimum atomic E-state index is -0.0795. The highest BCUT2D eigenvalue weighted by atomic mass is 16.5. The van der Waals surface area contributed by atoms with Crippen LogP contribution in [-0.4, -0.2) is 18.3 Å². The van der Waals surface area contributed by atoms with E-state index < -0.39 is 0 Å². The maximum absolute atomic E-state index is 12.1. The van der Waals surface area contributed by atoms with Crippen LogP contribution in [0.15, 0.2) is 89.1 Å². The zero-order chi connectivity index (χ0) is 21.2. The van der Waals surface area contributed by atoms with E-state index in [1.54, 1.807) is 48.5 Å². The van der Waals surface area contributed by atoms with Crippen LogP contribution < -0.4 is 10.1 Å². The van der Waals surface area contributed by atoms with Crippen LogP contribution in [0.3, 0.4) is 0 Å². The SMILES string of the molecule is CC(=O)c1ccc(OCCCC(=O)Nc2ccc(N=Nc3ccccc3)cc2)cc1. The summed E-state index contributed by atoms with van der Waals surface area (Å²) in [6.45, 7) is 1.95. The highest BCUT2D eigenvalue weighted by molar-refractivity contribution is 5.94. The number of nitrogens with one attached hydrogen (secondary N) is 1. The second kappa shape index (κ2) is 10.7. The molecule has 0 saturated carbocycles. The van der Waals surface area contributed by atoms with Gasteiger partial charge in [-0.2, -0.15) is 10.2 Å². The molecule has 0 saturated heterocycles. The Bertz CT molecular complexity index is 998. The Morgan fingerprint density at radius 3 is 2.10 bits per heavy atom. The number of ketones is 1. The van der Waals surface area contributed by atoms with Gasteiger partial charge in [-0.05, 0) is 74.0 Å². The minimum Gasteiger partial charge on any atom is -0.494 e. The second-order valence-corrected chi connectivity index (χ2v) is 6.66. The molecule has 152 valence electrons. The summed E-state index contributed by atoms with van der Waals surface area (Å²) in [5, 5.41) is 11.2. The molecule has 0 spiro atoms. The van der Waals surface area contributed by atoms with Crippen LogP contribution in [0, 0.1) is 0 Å². The van der Waals surface area contributed by atoms with Crippen molar-refractivity contribution in [1.29, 1.82) is 0 Å². The van der Waals surface area contributed by atoms with Gasteiger partial charge in [0.15, 0.2) is 5.78 Å². The Morgan fingerprint density at radius 1 is 0.833 bits per heavy atom. The summed E-state index contributed by atoms with van der Waals surface area (Å²) in [4.78, 5) is 23.3. The molecule has 6 heteroatoms. The van der Waals surface area contributed by atoms with Crippen molar-refractivity contribution in [2.75, 3.05) is 11.9 Å². The van der Waals surface area contributed by atoms with Gasteiger partial charge in [0.1, 0.15) is 5.75 Å². The number of hydrogen-bond acceptors (Lipinski definition) is 5. The maximum atomic E-state index is 12.1. The van der Waals surface area contributed by atoms with Crippen molar-refractivity contribution in [3.05, 3.63) is 84.4 Å². The molecule has 0 unspecified atom stereocenters. The number of amides is 1. The van der Waals surface area contributed by atoms with Crippen molar-refractivity contribution < 1.29 is 14.3 Å². The third-order valence-corrected chi connectivity index (χ3v) is 4.27. The molecule has 0 aliphatic heterocycles. The van der Waals surface area contributed by atoms with Gasteiger partial charge in [-0.25, -0.2) is 0 Å². The average Bonchev–Trinajstić information content (AvgIpc) is 2.77. The highest BCUT2D eigenvalue weighted by Crippen LogP contribution is 2.20. The van der Waals surface area contributed by atoms with E-state index in [1.165, 1.54) is 6.92 Å². The van der Waals surface area contributed by atoms with E-state index in [0.717, 1.165) is 5.69 Å². The number of carbonyl (C=O) groups excluding carboxylic acids is 2. The summed E-state index contributed by atoms with van der Waals surface area (Å²) in [6, 6.07) is 23.7. The van der Waals surface area contributed by atoms with Crippen molar-refractivity contribution in [2.45, 2.75) is 19.8 Å². The van der Waals surface area contributed by atoms with Crippen molar-refractivity contribution in [3.8, 4) is 5.75 Å². The van der Waals surface area contributed by atoms with Crippen LogP contribution in [0.25, 0.3) is 0 Å². The van der Waals surface area contributed by atoms with Gasteiger partial charge < -0.3 is 10.1 Å². The largest absolute Gasteiger partial charge is 0.494 e. The van der Waals surface area contributed by atoms with Crippen molar-refractivity contribution >= 4 is 28.8 Å². The molecule has 3 aromatic carbocycles. The van der Waals surface area contributed by atoms with E-state index in [1.807, 2.05) is 30.3 Å². The van der Waals surface area contributed by atoms with Gasteiger partial charge in [0.25, 0.3) is 0 Å². The minimum absolute atomic E-state index is 0.0190. The predicted molar refractivity (Wildman–Crippen MR) is 117 cm³/mol. The molecule has 6 nitrogen and oxygen atoms in total. The van der Waals surface area contributed by atoms with Gasteiger partial charge in [0, 0.05) is 17.7 Å². The third kappa shape index (κ3) is 6.67. The van der Waals surface area contributed by atoms with Crippen LogP contribution >= 0.6 is 0 Å². The number of hydrogen-bond donors (Lipinski definition) is 1. The van der Waals surface area contributed by atoms with Crippen LogP contribution in [0.5, 0.6) is 5.75 Å². The normalized spacial score (nSPS) is 10.7. The molecule has 0 radical (unpaired) electrons. The summed E-state index contributed by atoms with van der Waals surface area (Å²) in [5.74, 6) is 0.621.